The quantitative estimate of drug-likeness (QED) is 0.869. The summed E-state index contributed by atoms with van der Waals surface area (Å²) in [5.74, 6) is -0.579. The standard InChI is InChI=1S/C15H23FN2O2S/c1-4-15(5-2)6-7-18(10-15)21(19,20)12-8-13(16)11(3)14(17)9-12/h8-9H,4-7,10,17H2,1-3H3. The van der Waals surface area contributed by atoms with Gasteiger partial charge in [0.25, 0.3) is 0 Å². The Bertz CT molecular complexity index is 616. The molecule has 118 valence electrons. The number of nitrogens with zero attached hydrogens (tertiary/aromatic N) is 1. The summed E-state index contributed by atoms with van der Waals surface area (Å²) in [5, 5.41) is 0. The van der Waals surface area contributed by atoms with Crippen LogP contribution in [0.2, 0.25) is 0 Å². The van der Waals surface area contributed by atoms with E-state index in [-0.39, 0.29) is 21.6 Å². The predicted molar refractivity (Wildman–Crippen MR) is 81.9 cm³/mol. The first kappa shape index (κ1) is 16.2. The van der Waals surface area contributed by atoms with Crippen LogP contribution in [0.15, 0.2) is 17.0 Å². The number of anilines is 1. The van der Waals surface area contributed by atoms with Crippen LogP contribution in [0.4, 0.5) is 10.1 Å². The second kappa shape index (κ2) is 5.57. The molecule has 0 aliphatic carbocycles. The molecule has 1 aliphatic heterocycles. The van der Waals surface area contributed by atoms with Crippen molar-refractivity contribution in [3.05, 3.63) is 23.5 Å². The zero-order valence-electron chi connectivity index (χ0n) is 12.8. The van der Waals surface area contributed by atoms with Crippen molar-refractivity contribution in [3.8, 4) is 0 Å². The zero-order chi connectivity index (χ0) is 15.8. The maximum atomic E-state index is 13.8. The van der Waals surface area contributed by atoms with Crippen LogP contribution < -0.4 is 5.73 Å². The lowest BCUT2D eigenvalue weighted by Gasteiger charge is -2.26. The average Bonchev–Trinajstić information content (AvgIpc) is 2.90. The number of nitrogen functional groups attached to an aromatic ring is 1. The molecular weight excluding hydrogens is 291 g/mol. The van der Waals surface area contributed by atoms with Crippen LogP contribution in [-0.4, -0.2) is 25.8 Å². The second-order valence-corrected chi connectivity index (χ2v) is 7.85. The number of nitrogens with two attached hydrogens (primary N) is 1. The minimum absolute atomic E-state index is 0.0435. The van der Waals surface area contributed by atoms with E-state index in [0.29, 0.717) is 13.1 Å². The molecule has 0 saturated carbocycles. The third-order valence-corrected chi connectivity index (χ3v) is 6.72. The molecule has 21 heavy (non-hydrogen) atoms. The van der Waals surface area contributed by atoms with E-state index in [4.69, 9.17) is 5.73 Å². The van der Waals surface area contributed by atoms with E-state index in [2.05, 4.69) is 13.8 Å². The molecule has 1 aromatic rings. The highest BCUT2D eigenvalue weighted by Gasteiger charge is 2.40. The summed E-state index contributed by atoms with van der Waals surface area (Å²) in [7, 11) is -3.68. The van der Waals surface area contributed by atoms with Crippen LogP contribution in [0.25, 0.3) is 0 Å². The Hall–Kier alpha value is -1.14. The molecule has 0 bridgehead atoms. The van der Waals surface area contributed by atoms with Gasteiger partial charge in [-0.1, -0.05) is 13.8 Å². The lowest BCUT2D eigenvalue weighted by Crippen LogP contribution is -2.32. The van der Waals surface area contributed by atoms with Crippen LogP contribution >= 0.6 is 0 Å². The molecule has 0 amide bonds. The Labute approximate surface area is 126 Å². The highest BCUT2D eigenvalue weighted by Crippen LogP contribution is 2.39. The molecule has 0 radical (unpaired) electrons. The maximum Gasteiger partial charge on any atom is 0.243 e. The van der Waals surface area contributed by atoms with Gasteiger partial charge in [-0.05, 0) is 43.7 Å². The predicted octanol–water partition coefficient (Wildman–Crippen LogP) is 2.92. The Kier molecular flexibility index (Phi) is 4.31. The first-order chi connectivity index (χ1) is 9.75. The van der Waals surface area contributed by atoms with Crippen molar-refractivity contribution < 1.29 is 12.8 Å². The first-order valence-electron chi connectivity index (χ1n) is 7.31. The van der Waals surface area contributed by atoms with E-state index in [1.165, 1.54) is 17.3 Å². The third-order valence-electron chi connectivity index (χ3n) is 4.90. The largest absolute Gasteiger partial charge is 0.398 e. The lowest BCUT2D eigenvalue weighted by atomic mass is 9.82. The molecule has 2 N–H and O–H groups in total. The number of rotatable bonds is 4. The van der Waals surface area contributed by atoms with E-state index in [1.807, 2.05) is 0 Å². The summed E-state index contributed by atoms with van der Waals surface area (Å²) in [4.78, 5) is -0.0499. The van der Waals surface area contributed by atoms with Crippen molar-refractivity contribution in [1.82, 2.24) is 4.31 Å². The summed E-state index contributed by atoms with van der Waals surface area (Å²) >= 11 is 0. The molecular formula is C15H23FN2O2S. The van der Waals surface area contributed by atoms with Crippen molar-refractivity contribution in [2.75, 3.05) is 18.8 Å². The fourth-order valence-electron chi connectivity index (χ4n) is 2.90. The van der Waals surface area contributed by atoms with Crippen LogP contribution in [0.1, 0.15) is 38.7 Å². The summed E-state index contributed by atoms with van der Waals surface area (Å²) in [6.45, 7) is 6.69. The fraction of sp³-hybridized carbons (Fsp3) is 0.600. The van der Waals surface area contributed by atoms with Gasteiger partial charge in [0.1, 0.15) is 5.82 Å². The number of benzene rings is 1. The van der Waals surface area contributed by atoms with Gasteiger partial charge in [0.2, 0.25) is 10.0 Å². The summed E-state index contributed by atoms with van der Waals surface area (Å²) < 4.78 is 40.6. The summed E-state index contributed by atoms with van der Waals surface area (Å²) in [5.41, 5.74) is 6.20. The van der Waals surface area contributed by atoms with E-state index >= 15 is 0 Å². The molecule has 0 unspecified atom stereocenters. The molecule has 1 heterocycles. The van der Waals surface area contributed by atoms with Crippen LogP contribution in [0.5, 0.6) is 0 Å². The molecule has 0 spiro atoms. The Morgan fingerprint density at radius 3 is 2.43 bits per heavy atom. The van der Waals surface area contributed by atoms with Crippen molar-refractivity contribution in [2.24, 2.45) is 5.41 Å². The fourth-order valence-corrected chi connectivity index (χ4v) is 4.50. The van der Waals surface area contributed by atoms with Gasteiger partial charge in [-0.15, -0.1) is 0 Å². The molecule has 6 heteroatoms. The number of hydrogen-bond donors (Lipinski definition) is 1. The van der Waals surface area contributed by atoms with E-state index in [9.17, 15) is 12.8 Å². The Morgan fingerprint density at radius 1 is 1.33 bits per heavy atom. The van der Waals surface area contributed by atoms with E-state index in [1.54, 1.807) is 0 Å². The van der Waals surface area contributed by atoms with Gasteiger partial charge in [-0.25, -0.2) is 12.8 Å². The van der Waals surface area contributed by atoms with Gasteiger partial charge in [-0.3, -0.25) is 0 Å². The highest BCUT2D eigenvalue weighted by molar-refractivity contribution is 7.89. The minimum Gasteiger partial charge on any atom is -0.398 e. The van der Waals surface area contributed by atoms with Gasteiger partial charge in [0.05, 0.1) is 4.90 Å². The van der Waals surface area contributed by atoms with Crippen molar-refractivity contribution in [2.45, 2.75) is 44.9 Å². The maximum absolute atomic E-state index is 13.8. The van der Waals surface area contributed by atoms with Crippen molar-refractivity contribution in [3.63, 3.8) is 0 Å². The summed E-state index contributed by atoms with van der Waals surface area (Å²) in [6.07, 6.45) is 2.74. The molecule has 2 rings (SSSR count). The second-order valence-electron chi connectivity index (χ2n) is 5.92. The Morgan fingerprint density at radius 2 is 1.95 bits per heavy atom. The third kappa shape index (κ3) is 2.79. The molecule has 1 saturated heterocycles. The van der Waals surface area contributed by atoms with Gasteiger partial charge >= 0.3 is 0 Å². The molecule has 4 nitrogen and oxygen atoms in total. The van der Waals surface area contributed by atoms with Crippen molar-refractivity contribution >= 4 is 15.7 Å². The van der Waals surface area contributed by atoms with Gasteiger partial charge in [0, 0.05) is 24.3 Å². The minimum atomic E-state index is -3.68. The number of sulfonamides is 1. The summed E-state index contributed by atoms with van der Waals surface area (Å²) in [6, 6.07) is 2.42. The van der Waals surface area contributed by atoms with Crippen molar-refractivity contribution in [1.29, 1.82) is 0 Å². The van der Waals surface area contributed by atoms with Gasteiger partial charge < -0.3 is 5.73 Å². The first-order valence-corrected chi connectivity index (χ1v) is 8.75. The van der Waals surface area contributed by atoms with E-state index in [0.717, 1.165) is 25.3 Å². The highest BCUT2D eigenvalue weighted by atomic mass is 32.2. The Balaban J connectivity index is 2.36. The van der Waals surface area contributed by atoms with Crippen LogP contribution in [0, 0.1) is 18.2 Å². The monoisotopic (exact) mass is 314 g/mol. The zero-order valence-corrected chi connectivity index (χ0v) is 13.6. The molecule has 1 aromatic carbocycles. The van der Waals surface area contributed by atoms with Gasteiger partial charge in [0.15, 0.2) is 0 Å². The number of halogens is 1. The normalized spacial score (nSPS) is 19.0. The van der Waals surface area contributed by atoms with Crippen LogP contribution in [0.3, 0.4) is 0 Å². The number of hydrogen-bond acceptors (Lipinski definition) is 3. The lowest BCUT2D eigenvalue weighted by molar-refractivity contribution is 0.279. The molecule has 1 fully saturated rings. The molecule has 0 aromatic heterocycles. The molecule has 0 atom stereocenters. The topological polar surface area (TPSA) is 63.4 Å². The van der Waals surface area contributed by atoms with E-state index < -0.39 is 15.8 Å². The SMILES string of the molecule is CCC1(CC)CCN(S(=O)(=O)c2cc(N)c(C)c(F)c2)C1. The van der Waals surface area contributed by atoms with Crippen LogP contribution in [-0.2, 0) is 10.0 Å². The molecule has 1 aliphatic rings. The smallest absolute Gasteiger partial charge is 0.243 e. The average molecular weight is 314 g/mol. The van der Waals surface area contributed by atoms with Gasteiger partial charge in [-0.2, -0.15) is 4.31 Å².